The lowest BCUT2D eigenvalue weighted by Gasteiger charge is -2.11. The maximum atomic E-state index is 13.1. The summed E-state index contributed by atoms with van der Waals surface area (Å²) in [5.74, 6) is 0.836. The molecule has 5 rings (SSSR count). The summed E-state index contributed by atoms with van der Waals surface area (Å²) in [5.41, 5.74) is 2.73. The van der Waals surface area contributed by atoms with Crippen LogP contribution < -0.4 is 13.7 Å². The molecule has 0 aliphatic carbocycles. The van der Waals surface area contributed by atoms with Crippen LogP contribution in [0.25, 0.3) is 17.0 Å². The summed E-state index contributed by atoms with van der Waals surface area (Å²) >= 11 is 0. The topological polar surface area (TPSA) is 83.8 Å². The molecule has 0 atom stereocenters. The first-order valence-corrected chi connectivity index (χ1v) is 12.5. The molecule has 0 unspecified atom stereocenters. The molecule has 2 heterocycles. The zero-order valence-electron chi connectivity index (χ0n) is 19.4. The minimum atomic E-state index is -4.09. The summed E-state index contributed by atoms with van der Waals surface area (Å²) in [6.45, 7) is 4.51. The van der Waals surface area contributed by atoms with Gasteiger partial charge in [0.05, 0.1) is 12.7 Å². The van der Waals surface area contributed by atoms with Crippen LogP contribution in [0.2, 0.25) is 0 Å². The molecular formula is C27H23NO6S. The van der Waals surface area contributed by atoms with Gasteiger partial charge in [-0.3, -0.25) is 4.79 Å². The monoisotopic (exact) mass is 489 g/mol. The molecule has 0 N–H and O–H groups in total. The van der Waals surface area contributed by atoms with E-state index in [1.54, 1.807) is 25.1 Å². The van der Waals surface area contributed by atoms with Gasteiger partial charge in [-0.1, -0.05) is 18.2 Å². The highest BCUT2D eigenvalue weighted by Crippen LogP contribution is 2.40. The van der Waals surface area contributed by atoms with Crippen molar-refractivity contribution in [1.29, 1.82) is 0 Å². The standard InChI is InChI=1S/C27H23NO6S/c1-4-28-16-18(21-7-5-6-8-23(21)28)15-25-26(29)22-13-14-24(17(2)27(22)33-25)34-35(30,31)20-11-9-19(32-3)10-12-20/h5-16H,4H2,1-3H3. The van der Waals surface area contributed by atoms with Crippen LogP contribution >= 0.6 is 0 Å². The SMILES string of the molecule is CCn1cc(C=C2Oc3c(ccc(OS(=O)(=O)c4ccc(OC)cc4)c3C)C2=O)c2ccccc21. The molecule has 1 aliphatic heterocycles. The number of para-hydroxylation sites is 1. The zero-order chi connectivity index (χ0) is 24.7. The van der Waals surface area contributed by atoms with Crippen LogP contribution in [-0.4, -0.2) is 25.9 Å². The maximum absolute atomic E-state index is 13.1. The number of Topliss-reactive ketones (excluding diaryl/α,β-unsaturated/α-hetero) is 1. The predicted molar refractivity (Wildman–Crippen MR) is 133 cm³/mol. The molecule has 0 saturated heterocycles. The smallest absolute Gasteiger partial charge is 0.339 e. The molecular weight excluding hydrogens is 466 g/mol. The van der Waals surface area contributed by atoms with Crippen molar-refractivity contribution in [3.05, 3.63) is 89.3 Å². The molecule has 0 spiro atoms. The van der Waals surface area contributed by atoms with E-state index in [2.05, 4.69) is 11.5 Å². The average Bonchev–Trinajstić information content (AvgIpc) is 3.39. The van der Waals surface area contributed by atoms with E-state index in [-0.39, 0.29) is 22.2 Å². The van der Waals surface area contributed by atoms with Gasteiger partial charge >= 0.3 is 10.1 Å². The van der Waals surface area contributed by atoms with Crippen LogP contribution in [0.3, 0.4) is 0 Å². The third kappa shape index (κ3) is 3.95. The zero-order valence-corrected chi connectivity index (χ0v) is 20.3. The fourth-order valence-electron chi connectivity index (χ4n) is 4.16. The number of ether oxygens (including phenoxy) is 2. The van der Waals surface area contributed by atoms with Crippen molar-refractivity contribution in [2.24, 2.45) is 0 Å². The van der Waals surface area contributed by atoms with Gasteiger partial charge in [-0.05, 0) is 62.4 Å². The number of ketones is 1. The lowest BCUT2D eigenvalue weighted by Crippen LogP contribution is -2.10. The first-order valence-electron chi connectivity index (χ1n) is 11.1. The first kappa shape index (κ1) is 22.7. The van der Waals surface area contributed by atoms with Gasteiger partial charge in [-0.2, -0.15) is 8.42 Å². The summed E-state index contributed by atoms with van der Waals surface area (Å²) in [4.78, 5) is 13.1. The van der Waals surface area contributed by atoms with Gasteiger partial charge < -0.3 is 18.2 Å². The van der Waals surface area contributed by atoms with Crippen molar-refractivity contribution in [3.63, 3.8) is 0 Å². The summed E-state index contributed by atoms with van der Waals surface area (Å²) < 4.78 is 44.1. The van der Waals surface area contributed by atoms with Gasteiger partial charge in [0.25, 0.3) is 0 Å². The van der Waals surface area contributed by atoms with Crippen LogP contribution in [0, 0.1) is 6.92 Å². The summed E-state index contributed by atoms with van der Waals surface area (Å²) in [5, 5.41) is 1.01. The van der Waals surface area contributed by atoms with Crippen LogP contribution in [0.1, 0.15) is 28.4 Å². The number of allylic oxidation sites excluding steroid dienone is 1. The molecule has 8 heteroatoms. The number of carbonyl (C=O) groups is 1. The van der Waals surface area contributed by atoms with E-state index < -0.39 is 10.1 Å². The maximum Gasteiger partial charge on any atom is 0.339 e. The highest BCUT2D eigenvalue weighted by atomic mass is 32.2. The Morgan fingerprint density at radius 3 is 2.49 bits per heavy atom. The van der Waals surface area contributed by atoms with Gasteiger partial charge in [-0.25, -0.2) is 0 Å². The van der Waals surface area contributed by atoms with E-state index in [0.717, 1.165) is 23.0 Å². The van der Waals surface area contributed by atoms with Crippen LogP contribution in [0.15, 0.2) is 77.5 Å². The highest BCUT2D eigenvalue weighted by Gasteiger charge is 2.31. The van der Waals surface area contributed by atoms with Crippen molar-refractivity contribution in [2.45, 2.75) is 25.3 Å². The van der Waals surface area contributed by atoms with Crippen molar-refractivity contribution in [2.75, 3.05) is 7.11 Å². The normalized spacial score (nSPS) is 14.3. The summed E-state index contributed by atoms with van der Waals surface area (Å²) in [6, 6.07) is 16.9. The molecule has 4 aromatic rings. The number of benzene rings is 3. The molecule has 0 bridgehead atoms. The summed E-state index contributed by atoms with van der Waals surface area (Å²) in [6.07, 6.45) is 3.71. The minimum Gasteiger partial charge on any atom is -0.497 e. The van der Waals surface area contributed by atoms with Crippen LogP contribution in [0.5, 0.6) is 17.2 Å². The number of aromatic nitrogens is 1. The highest BCUT2D eigenvalue weighted by molar-refractivity contribution is 7.87. The Balaban J connectivity index is 1.47. The molecule has 3 aromatic carbocycles. The van der Waals surface area contributed by atoms with Crippen LogP contribution in [-0.2, 0) is 16.7 Å². The van der Waals surface area contributed by atoms with E-state index in [0.29, 0.717) is 22.6 Å². The average molecular weight is 490 g/mol. The van der Waals surface area contributed by atoms with E-state index >= 15 is 0 Å². The van der Waals surface area contributed by atoms with E-state index in [1.165, 1.54) is 31.4 Å². The molecule has 7 nitrogen and oxygen atoms in total. The van der Waals surface area contributed by atoms with Gasteiger partial charge in [0, 0.05) is 34.8 Å². The lowest BCUT2D eigenvalue weighted by atomic mass is 10.1. The Hall–Kier alpha value is -4.04. The Labute approximate surface area is 203 Å². The number of hydrogen-bond donors (Lipinski definition) is 0. The fourth-order valence-corrected chi connectivity index (χ4v) is 5.14. The van der Waals surface area contributed by atoms with Gasteiger partial charge in [0.15, 0.2) is 5.76 Å². The predicted octanol–water partition coefficient (Wildman–Crippen LogP) is 5.36. The fraction of sp³-hybridized carbons (Fsp3) is 0.148. The first-order chi connectivity index (χ1) is 16.8. The molecule has 0 amide bonds. The Morgan fingerprint density at radius 1 is 1.03 bits per heavy atom. The molecule has 0 saturated carbocycles. The number of hydrogen-bond acceptors (Lipinski definition) is 6. The second-order valence-electron chi connectivity index (χ2n) is 8.11. The Kier molecular flexibility index (Phi) is 5.61. The Morgan fingerprint density at radius 2 is 1.77 bits per heavy atom. The molecule has 1 aromatic heterocycles. The second-order valence-corrected chi connectivity index (χ2v) is 9.65. The molecule has 0 radical (unpaired) electrons. The number of methoxy groups -OCH3 is 1. The number of rotatable bonds is 6. The van der Waals surface area contributed by atoms with Crippen molar-refractivity contribution in [3.8, 4) is 17.2 Å². The minimum absolute atomic E-state index is 0.0110. The third-order valence-electron chi connectivity index (χ3n) is 6.03. The Bertz CT molecular complexity index is 1600. The quantitative estimate of drug-likeness (QED) is 0.268. The molecule has 1 aliphatic rings. The molecule has 0 fully saturated rings. The van der Waals surface area contributed by atoms with Crippen LogP contribution in [0.4, 0.5) is 0 Å². The van der Waals surface area contributed by atoms with Gasteiger partial charge in [-0.15, -0.1) is 0 Å². The number of fused-ring (bicyclic) bond motifs is 2. The number of nitrogens with zero attached hydrogens (tertiary/aromatic N) is 1. The largest absolute Gasteiger partial charge is 0.497 e. The molecule has 35 heavy (non-hydrogen) atoms. The van der Waals surface area contributed by atoms with Crippen molar-refractivity contribution < 1.29 is 26.9 Å². The second kappa shape index (κ2) is 8.63. The van der Waals surface area contributed by atoms with Gasteiger partial charge in [0.1, 0.15) is 22.1 Å². The number of carbonyl (C=O) groups excluding carboxylic acids is 1. The van der Waals surface area contributed by atoms with E-state index in [1.807, 2.05) is 30.5 Å². The van der Waals surface area contributed by atoms with Crippen molar-refractivity contribution >= 4 is 32.9 Å². The number of aryl methyl sites for hydroxylation is 1. The molecule has 178 valence electrons. The van der Waals surface area contributed by atoms with E-state index in [4.69, 9.17) is 13.7 Å². The van der Waals surface area contributed by atoms with Gasteiger partial charge in [0.2, 0.25) is 5.78 Å². The van der Waals surface area contributed by atoms with E-state index in [9.17, 15) is 13.2 Å². The lowest BCUT2D eigenvalue weighted by molar-refractivity contribution is 0.101. The third-order valence-corrected chi connectivity index (χ3v) is 7.28. The van der Waals surface area contributed by atoms with Crippen molar-refractivity contribution in [1.82, 2.24) is 4.57 Å². The summed E-state index contributed by atoms with van der Waals surface area (Å²) in [7, 11) is -2.59.